The highest BCUT2D eigenvalue weighted by atomic mass is 32.2. The summed E-state index contributed by atoms with van der Waals surface area (Å²) in [5.74, 6) is 2.47. The molecule has 1 N–H and O–H groups in total. The Morgan fingerprint density at radius 1 is 1.17 bits per heavy atom. The van der Waals surface area contributed by atoms with Crippen molar-refractivity contribution in [1.82, 2.24) is 14.8 Å². The molecule has 3 rings (SSSR count). The molecule has 0 spiro atoms. The SMILES string of the molecule is CCCCCOc1ccc(C2C(C(=O)OC(C)C)=C(C)Nc3nc(SCCCC)nn32)cc1OC. The van der Waals surface area contributed by atoms with Crippen LogP contribution in [0.15, 0.2) is 34.6 Å². The lowest BCUT2D eigenvalue weighted by Crippen LogP contribution is -2.30. The van der Waals surface area contributed by atoms with Crippen LogP contribution in [-0.4, -0.2) is 46.3 Å². The first-order valence-corrected chi connectivity index (χ1v) is 13.5. The van der Waals surface area contributed by atoms with Crippen LogP contribution in [0, 0.1) is 0 Å². The Bertz CT molecular complexity index is 1030. The molecule has 2 heterocycles. The van der Waals surface area contributed by atoms with E-state index in [1.165, 1.54) is 0 Å². The quantitative estimate of drug-likeness (QED) is 0.203. The summed E-state index contributed by atoms with van der Waals surface area (Å²) in [4.78, 5) is 17.9. The Hall–Kier alpha value is -2.68. The van der Waals surface area contributed by atoms with Crippen LogP contribution >= 0.6 is 11.8 Å². The number of allylic oxidation sites excluding steroid dienone is 1. The van der Waals surface area contributed by atoms with Gasteiger partial charge in [0.15, 0.2) is 11.5 Å². The van der Waals surface area contributed by atoms with Gasteiger partial charge in [0.2, 0.25) is 11.1 Å². The molecule has 192 valence electrons. The van der Waals surface area contributed by atoms with Gasteiger partial charge in [-0.15, -0.1) is 5.10 Å². The van der Waals surface area contributed by atoms with Gasteiger partial charge in [-0.3, -0.25) is 0 Å². The Morgan fingerprint density at radius 2 is 1.94 bits per heavy atom. The summed E-state index contributed by atoms with van der Waals surface area (Å²) in [6.45, 7) is 10.5. The number of methoxy groups -OCH3 is 1. The standard InChI is InChI=1S/C26H38N4O4S/c1-7-9-11-14-33-20-13-12-19(16-21(20)32-6)23-22(24(31)34-17(3)4)18(5)27-25-28-26(29-30(23)25)35-15-10-8-2/h12-13,16-17,23H,7-11,14-15H2,1-6H3,(H,27,28,29). The summed E-state index contributed by atoms with van der Waals surface area (Å²) >= 11 is 1.62. The molecule has 0 radical (unpaired) electrons. The van der Waals surface area contributed by atoms with Crippen LogP contribution in [0.5, 0.6) is 11.5 Å². The second-order valence-corrected chi connectivity index (χ2v) is 9.91. The summed E-state index contributed by atoms with van der Waals surface area (Å²) in [7, 11) is 1.62. The van der Waals surface area contributed by atoms with E-state index in [0.29, 0.717) is 40.5 Å². The number of rotatable bonds is 13. The van der Waals surface area contributed by atoms with Crippen molar-refractivity contribution in [2.45, 2.75) is 84.0 Å². The number of esters is 1. The summed E-state index contributed by atoms with van der Waals surface area (Å²) in [5.41, 5.74) is 2.04. The van der Waals surface area contributed by atoms with E-state index in [4.69, 9.17) is 19.3 Å². The van der Waals surface area contributed by atoms with Gasteiger partial charge >= 0.3 is 5.97 Å². The number of unbranched alkanes of at least 4 members (excludes halogenated alkanes) is 3. The van der Waals surface area contributed by atoms with Crippen LogP contribution in [-0.2, 0) is 9.53 Å². The van der Waals surface area contributed by atoms with Crippen molar-refractivity contribution in [3.63, 3.8) is 0 Å². The van der Waals surface area contributed by atoms with E-state index in [1.54, 1.807) is 23.6 Å². The van der Waals surface area contributed by atoms with Crippen LogP contribution in [0.25, 0.3) is 0 Å². The number of benzene rings is 1. The van der Waals surface area contributed by atoms with Crippen molar-refractivity contribution >= 4 is 23.7 Å². The predicted octanol–water partition coefficient (Wildman–Crippen LogP) is 5.99. The van der Waals surface area contributed by atoms with Crippen LogP contribution in [0.2, 0.25) is 0 Å². The maximum atomic E-state index is 13.2. The van der Waals surface area contributed by atoms with Crippen molar-refractivity contribution in [2.24, 2.45) is 0 Å². The van der Waals surface area contributed by atoms with E-state index in [9.17, 15) is 4.79 Å². The minimum absolute atomic E-state index is 0.241. The van der Waals surface area contributed by atoms with Crippen molar-refractivity contribution in [1.29, 1.82) is 0 Å². The molecular weight excluding hydrogens is 464 g/mol. The minimum Gasteiger partial charge on any atom is -0.493 e. The Labute approximate surface area is 212 Å². The third-order valence-electron chi connectivity index (χ3n) is 5.63. The highest BCUT2D eigenvalue weighted by Crippen LogP contribution is 2.40. The largest absolute Gasteiger partial charge is 0.493 e. The number of nitrogens with one attached hydrogen (secondary N) is 1. The zero-order chi connectivity index (χ0) is 25.4. The van der Waals surface area contributed by atoms with Gasteiger partial charge < -0.3 is 19.5 Å². The molecular formula is C26H38N4O4S. The Balaban J connectivity index is 2.00. The summed E-state index contributed by atoms with van der Waals surface area (Å²) < 4.78 is 19.0. The second-order valence-electron chi connectivity index (χ2n) is 8.85. The van der Waals surface area contributed by atoms with E-state index in [2.05, 4.69) is 24.1 Å². The van der Waals surface area contributed by atoms with Gasteiger partial charge in [0.05, 0.1) is 25.4 Å². The van der Waals surface area contributed by atoms with Crippen LogP contribution in [0.3, 0.4) is 0 Å². The predicted molar refractivity (Wildman–Crippen MR) is 139 cm³/mol. The molecule has 0 bridgehead atoms. The van der Waals surface area contributed by atoms with Gasteiger partial charge in [-0.25, -0.2) is 9.48 Å². The van der Waals surface area contributed by atoms with Gasteiger partial charge in [-0.2, -0.15) is 4.98 Å². The lowest BCUT2D eigenvalue weighted by molar-refractivity contribution is -0.143. The fourth-order valence-corrected chi connectivity index (χ4v) is 4.77. The monoisotopic (exact) mass is 502 g/mol. The third kappa shape index (κ3) is 6.72. The van der Waals surface area contributed by atoms with Crippen molar-refractivity contribution < 1.29 is 19.0 Å². The number of fused-ring (bicyclic) bond motifs is 1. The van der Waals surface area contributed by atoms with Crippen molar-refractivity contribution in [3.05, 3.63) is 35.0 Å². The van der Waals surface area contributed by atoms with Crippen molar-refractivity contribution in [3.8, 4) is 11.5 Å². The van der Waals surface area contributed by atoms with E-state index in [1.807, 2.05) is 39.0 Å². The first-order valence-electron chi connectivity index (χ1n) is 12.5. The number of hydrogen-bond donors (Lipinski definition) is 1. The summed E-state index contributed by atoms with van der Waals surface area (Å²) in [6.07, 6.45) is 5.20. The van der Waals surface area contributed by atoms with Gasteiger partial charge in [0.25, 0.3) is 0 Å². The van der Waals surface area contributed by atoms with Gasteiger partial charge in [0, 0.05) is 11.4 Å². The number of aromatic nitrogens is 3. The fourth-order valence-electron chi connectivity index (χ4n) is 3.86. The number of anilines is 1. The highest BCUT2D eigenvalue weighted by molar-refractivity contribution is 7.99. The number of carbonyl (C=O) groups is 1. The molecule has 8 nitrogen and oxygen atoms in total. The van der Waals surface area contributed by atoms with Crippen molar-refractivity contribution in [2.75, 3.05) is 24.8 Å². The molecule has 0 amide bonds. The average Bonchev–Trinajstić information content (AvgIpc) is 3.22. The zero-order valence-electron chi connectivity index (χ0n) is 21.7. The maximum absolute atomic E-state index is 13.2. The molecule has 0 saturated carbocycles. The Morgan fingerprint density at radius 3 is 2.63 bits per heavy atom. The van der Waals surface area contributed by atoms with Crippen LogP contribution < -0.4 is 14.8 Å². The molecule has 1 aliphatic heterocycles. The molecule has 1 aromatic carbocycles. The van der Waals surface area contributed by atoms with E-state index in [-0.39, 0.29) is 12.1 Å². The van der Waals surface area contributed by atoms with E-state index in [0.717, 1.165) is 43.4 Å². The lowest BCUT2D eigenvalue weighted by atomic mass is 9.95. The maximum Gasteiger partial charge on any atom is 0.338 e. The zero-order valence-corrected chi connectivity index (χ0v) is 22.5. The molecule has 35 heavy (non-hydrogen) atoms. The third-order valence-corrected chi connectivity index (χ3v) is 6.56. The minimum atomic E-state index is -0.506. The number of nitrogens with zero attached hydrogens (tertiary/aromatic N) is 3. The molecule has 1 aliphatic rings. The molecule has 0 saturated heterocycles. The van der Waals surface area contributed by atoms with Gasteiger partial charge in [-0.1, -0.05) is 50.9 Å². The highest BCUT2D eigenvalue weighted by Gasteiger charge is 2.36. The lowest BCUT2D eigenvalue weighted by Gasteiger charge is -2.29. The Kier molecular flexibility index (Phi) is 9.89. The number of carbonyl (C=O) groups excluding carboxylic acids is 1. The summed E-state index contributed by atoms with van der Waals surface area (Å²) in [5, 5.41) is 8.70. The first-order chi connectivity index (χ1) is 16.9. The smallest absolute Gasteiger partial charge is 0.338 e. The molecule has 1 atom stereocenters. The molecule has 1 unspecified atom stereocenters. The topological polar surface area (TPSA) is 87.5 Å². The molecule has 0 aliphatic carbocycles. The van der Waals surface area contributed by atoms with E-state index >= 15 is 0 Å². The molecule has 0 fully saturated rings. The molecule has 2 aromatic rings. The average molecular weight is 503 g/mol. The molecule has 1 aromatic heterocycles. The molecule has 9 heteroatoms. The fraction of sp³-hybridized carbons (Fsp3) is 0.577. The number of ether oxygens (including phenoxy) is 3. The van der Waals surface area contributed by atoms with Crippen LogP contribution in [0.1, 0.15) is 78.3 Å². The number of thioether (sulfide) groups is 1. The van der Waals surface area contributed by atoms with Gasteiger partial charge in [0.1, 0.15) is 6.04 Å². The first kappa shape index (κ1) is 26.9. The van der Waals surface area contributed by atoms with Gasteiger partial charge in [-0.05, 0) is 51.3 Å². The van der Waals surface area contributed by atoms with Crippen LogP contribution in [0.4, 0.5) is 5.95 Å². The van der Waals surface area contributed by atoms with E-state index < -0.39 is 6.04 Å². The number of hydrogen-bond acceptors (Lipinski definition) is 8. The summed E-state index contributed by atoms with van der Waals surface area (Å²) in [6, 6.07) is 5.26. The normalized spacial score (nSPS) is 15.1. The second kappa shape index (κ2) is 12.9.